The van der Waals surface area contributed by atoms with E-state index < -0.39 is 17.7 Å². The van der Waals surface area contributed by atoms with Crippen LogP contribution in [-0.2, 0) is 16.0 Å². The summed E-state index contributed by atoms with van der Waals surface area (Å²) in [5.74, 6) is 0.511. The minimum Gasteiger partial charge on any atom is -0.444 e. The third-order valence-electron chi connectivity index (χ3n) is 5.59. The molecule has 172 valence electrons. The van der Waals surface area contributed by atoms with Gasteiger partial charge in [-0.2, -0.15) is 0 Å². The highest BCUT2D eigenvalue weighted by molar-refractivity contribution is 6.00. The van der Waals surface area contributed by atoms with Crippen molar-refractivity contribution in [2.24, 2.45) is 0 Å². The number of fused-ring (bicyclic) bond motifs is 1. The molecule has 1 aliphatic rings. The van der Waals surface area contributed by atoms with Crippen molar-refractivity contribution < 1.29 is 14.3 Å². The van der Waals surface area contributed by atoms with Crippen molar-refractivity contribution in [1.82, 2.24) is 15.3 Å². The van der Waals surface area contributed by atoms with Crippen molar-refractivity contribution in [1.29, 1.82) is 0 Å². The van der Waals surface area contributed by atoms with Gasteiger partial charge < -0.3 is 15.0 Å². The van der Waals surface area contributed by atoms with Gasteiger partial charge in [-0.15, -0.1) is 0 Å². The van der Waals surface area contributed by atoms with Crippen molar-refractivity contribution in [3.8, 4) is 11.3 Å². The summed E-state index contributed by atoms with van der Waals surface area (Å²) < 4.78 is 5.34. The number of nitrogens with zero attached hydrogens (tertiary/aromatic N) is 2. The molecule has 2 unspecified atom stereocenters. The quantitative estimate of drug-likeness (QED) is 0.590. The molecule has 3 aromatic rings. The second kappa shape index (κ2) is 9.10. The largest absolute Gasteiger partial charge is 0.444 e. The van der Waals surface area contributed by atoms with Crippen LogP contribution in [0.15, 0.2) is 60.8 Å². The minimum absolute atomic E-state index is 0.212. The molecule has 33 heavy (non-hydrogen) atoms. The summed E-state index contributed by atoms with van der Waals surface area (Å²) in [5, 5.41) is 2.68. The fourth-order valence-corrected chi connectivity index (χ4v) is 4.10. The van der Waals surface area contributed by atoms with Gasteiger partial charge in [-0.3, -0.25) is 9.69 Å². The minimum atomic E-state index is -0.767. The third-order valence-corrected chi connectivity index (χ3v) is 5.59. The van der Waals surface area contributed by atoms with Crippen molar-refractivity contribution in [2.75, 3.05) is 4.90 Å². The number of benzene rings is 2. The molecule has 1 aliphatic heterocycles. The van der Waals surface area contributed by atoms with E-state index in [1.807, 2.05) is 54.6 Å². The molecule has 7 heteroatoms. The van der Waals surface area contributed by atoms with Gasteiger partial charge in [0.05, 0.1) is 17.9 Å². The van der Waals surface area contributed by atoms with E-state index in [0.29, 0.717) is 0 Å². The number of para-hydroxylation sites is 1. The molecular formula is C26H30N4O3. The van der Waals surface area contributed by atoms with Crippen LogP contribution in [0.5, 0.6) is 0 Å². The smallest absolute Gasteiger partial charge is 0.408 e. The number of H-pyrrole nitrogens is 1. The number of alkyl carbamates (subject to hydrolysis) is 1. The average Bonchev–Trinajstić information content (AvgIpc) is 3.27. The Balaban J connectivity index is 1.63. The van der Waals surface area contributed by atoms with Gasteiger partial charge in [0.1, 0.15) is 17.5 Å². The lowest BCUT2D eigenvalue weighted by atomic mass is 9.94. The van der Waals surface area contributed by atoms with Crippen LogP contribution in [0.2, 0.25) is 0 Å². The first kappa shape index (κ1) is 22.6. The first-order chi connectivity index (χ1) is 15.7. The topological polar surface area (TPSA) is 87.3 Å². The summed E-state index contributed by atoms with van der Waals surface area (Å²) >= 11 is 0. The molecule has 2 aromatic carbocycles. The Kier molecular flexibility index (Phi) is 6.22. The van der Waals surface area contributed by atoms with Crippen molar-refractivity contribution >= 4 is 17.7 Å². The van der Waals surface area contributed by atoms with E-state index in [1.54, 1.807) is 38.8 Å². The molecule has 0 bridgehead atoms. The predicted molar refractivity (Wildman–Crippen MR) is 128 cm³/mol. The van der Waals surface area contributed by atoms with Crippen molar-refractivity contribution in [2.45, 2.75) is 58.2 Å². The second-order valence-electron chi connectivity index (χ2n) is 9.31. The number of imidazole rings is 1. The average molecular weight is 447 g/mol. The van der Waals surface area contributed by atoms with E-state index in [9.17, 15) is 9.59 Å². The maximum atomic E-state index is 13.6. The summed E-state index contributed by atoms with van der Waals surface area (Å²) in [4.78, 5) is 35.7. The molecule has 2 N–H and O–H groups in total. The number of hydrogen-bond donors (Lipinski definition) is 2. The fourth-order valence-electron chi connectivity index (χ4n) is 4.10. The number of anilines is 1. The Labute approximate surface area is 194 Å². The molecule has 0 aliphatic carbocycles. The first-order valence-electron chi connectivity index (χ1n) is 11.2. The highest BCUT2D eigenvalue weighted by Gasteiger charge is 2.36. The van der Waals surface area contributed by atoms with Gasteiger partial charge in [-0.1, -0.05) is 48.5 Å². The van der Waals surface area contributed by atoms with Crippen LogP contribution in [0.3, 0.4) is 0 Å². The standard InChI is InChI=1S/C26H30N4O3/c1-17(28-25(32)33-26(2,3)4)24(31)30-21-13-9-8-12-19(21)14-15-22(30)23-27-16-20(29-23)18-10-6-5-7-11-18/h5-13,16-17,22H,14-15H2,1-4H3,(H,27,29)(H,28,32). The lowest BCUT2D eigenvalue weighted by molar-refractivity contribution is -0.121. The monoisotopic (exact) mass is 446 g/mol. The molecule has 0 radical (unpaired) electrons. The summed E-state index contributed by atoms with van der Waals surface area (Å²) in [5.41, 5.74) is 3.23. The van der Waals surface area contributed by atoms with Gasteiger partial charge in [0.15, 0.2) is 0 Å². The summed E-state index contributed by atoms with van der Waals surface area (Å²) in [6.07, 6.45) is 2.74. The van der Waals surface area contributed by atoms with Gasteiger partial charge in [-0.25, -0.2) is 9.78 Å². The van der Waals surface area contributed by atoms with Crippen LogP contribution in [0.25, 0.3) is 11.3 Å². The van der Waals surface area contributed by atoms with Gasteiger partial charge in [0.2, 0.25) is 5.91 Å². The number of amides is 2. The highest BCUT2D eigenvalue weighted by Crippen LogP contribution is 2.38. The zero-order chi connectivity index (χ0) is 23.6. The SMILES string of the molecule is CC(NC(=O)OC(C)(C)C)C(=O)N1c2ccccc2CCC1c1ncc(-c2ccccc2)[nH]1. The molecule has 0 fully saturated rings. The number of aryl methyl sites for hydroxylation is 1. The molecular weight excluding hydrogens is 416 g/mol. The summed E-state index contributed by atoms with van der Waals surface area (Å²) in [7, 11) is 0. The number of aromatic nitrogens is 2. The highest BCUT2D eigenvalue weighted by atomic mass is 16.6. The lowest BCUT2D eigenvalue weighted by Gasteiger charge is -2.37. The Morgan fingerprint density at radius 1 is 1.12 bits per heavy atom. The molecule has 2 amide bonds. The summed E-state index contributed by atoms with van der Waals surface area (Å²) in [6.45, 7) is 7.05. The van der Waals surface area contributed by atoms with Gasteiger partial charge in [0, 0.05) is 5.69 Å². The van der Waals surface area contributed by atoms with E-state index in [1.165, 1.54) is 0 Å². The Bertz CT molecular complexity index is 1130. The van der Waals surface area contributed by atoms with Gasteiger partial charge >= 0.3 is 6.09 Å². The lowest BCUT2D eigenvalue weighted by Crippen LogP contribution is -2.50. The normalized spacial score (nSPS) is 16.6. The number of aromatic amines is 1. The number of carbonyl (C=O) groups is 2. The van der Waals surface area contributed by atoms with E-state index in [4.69, 9.17) is 4.74 Å². The van der Waals surface area contributed by atoms with Gasteiger partial charge in [0.25, 0.3) is 0 Å². The van der Waals surface area contributed by atoms with Crippen LogP contribution >= 0.6 is 0 Å². The van der Waals surface area contributed by atoms with Crippen LogP contribution in [0.1, 0.15) is 51.5 Å². The van der Waals surface area contributed by atoms with Crippen LogP contribution < -0.4 is 10.2 Å². The molecule has 0 saturated carbocycles. The van der Waals surface area contributed by atoms with Crippen molar-refractivity contribution in [3.05, 3.63) is 72.2 Å². The van der Waals surface area contributed by atoms with E-state index in [-0.39, 0.29) is 11.9 Å². The molecule has 7 nitrogen and oxygen atoms in total. The van der Waals surface area contributed by atoms with Crippen LogP contribution in [-0.4, -0.2) is 33.6 Å². The van der Waals surface area contributed by atoms with Crippen LogP contribution in [0, 0.1) is 0 Å². The van der Waals surface area contributed by atoms with Crippen molar-refractivity contribution in [3.63, 3.8) is 0 Å². The Morgan fingerprint density at radius 2 is 1.82 bits per heavy atom. The number of hydrogen-bond acceptors (Lipinski definition) is 4. The first-order valence-corrected chi connectivity index (χ1v) is 11.2. The van der Waals surface area contributed by atoms with E-state index >= 15 is 0 Å². The zero-order valence-corrected chi connectivity index (χ0v) is 19.5. The zero-order valence-electron chi connectivity index (χ0n) is 19.5. The number of nitrogens with one attached hydrogen (secondary N) is 2. The number of carbonyl (C=O) groups excluding carboxylic acids is 2. The third kappa shape index (κ3) is 5.08. The van der Waals surface area contributed by atoms with Gasteiger partial charge in [-0.05, 0) is 57.7 Å². The van der Waals surface area contributed by atoms with E-state index in [2.05, 4.69) is 15.3 Å². The second-order valence-corrected chi connectivity index (χ2v) is 9.31. The number of rotatable bonds is 4. The maximum Gasteiger partial charge on any atom is 0.408 e. The predicted octanol–water partition coefficient (Wildman–Crippen LogP) is 5.01. The van der Waals surface area contributed by atoms with E-state index in [0.717, 1.165) is 41.2 Å². The summed E-state index contributed by atoms with van der Waals surface area (Å²) in [6, 6.07) is 16.8. The Hall–Kier alpha value is -3.61. The Morgan fingerprint density at radius 3 is 2.55 bits per heavy atom. The van der Waals surface area contributed by atoms with Crippen LogP contribution in [0.4, 0.5) is 10.5 Å². The maximum absolute atomic E-state index is 13.6. The fraction of sp³-hybridized carbons (Fsp3) is 0.346. The molecule has 0 saturated heterocycles. The molecule has 0 spiro atoms. The molecule has 2 heterocycles. The molecule has 4 rings (SSSR count). The number of ether oxygens (including phenoxy) is 1. The molecule has 2 atom stereocenters. The molecule has 1 aromatic heterocycles.